The minimum absolute atomic E-state index is 1.12. The first-order valence-electron chi connectivity index (χ1n) is 9.45. The molecule has 132 valence electrons. The van der Waals surface area contributed by atoms with Gasteiger partial charge in [0.1, 0.15) is 8.24 Å². The van der Waals surface area contributed by atoms with Gasteiger partial charge in [-0.25, -0.2) is 0 Å². The number of piperazine rings is 1. The van der Waals surface area contributed by atoms with Crippen molar-refractivity contribution in [2.24, 2.45) is 0 Å². The van der Waals surface area contributed by atoms with Crippen LogP contribution in [-0.4, -0.2) is 65.9 Å². The summed E-state index contributed by atoms with van der Waals surface area (Å²) in [5.41, 5.74) is 0. The Labute approximate surface area is 141 Å². The highest BCUT2D eigenvalue weighted by Crippen LogP contribution is 2.26. The Hall–Kier alpha value is 0.314. The molecule has 0 aromatic carbocycles. The zero-order valence-electron chi connectivity index (χ0n) is 16.1. The number of hydrogen-bond donors (Lipinski definition) is 0. The predicted octanol–water partition coefficient (Wildman–Crippen LogP) is 4.24. The van der Waals surface area contributed by atoms with E-state index in [1.807, 2.05) is 7.11 Å². The van der Waals surface area contributed by atoms with Crippen molar-refractivity contribution in [1.29, 1.82) is 0 Å². The molecule has 0 bridgehead atoms. The van der Waals surface area contributed by atoms with Crippen LogP contribution in [0.5, 0.6) is 0 Å². The molecular formula is C17H40N2OSi2. The first kappa shape index (κ1) is 20.4. The summed E-state index contributed by atoms with van der Waals surface area (Å²) >= 11 is 0. The van der Waals surface area contributed by atoms with Crippen molar-refractivity contribution >= 4 is 16.6 Å². The molecule has 0 aliphatic carbocycles. The number of rotatable bonds is 10. The summed E-state index contributed by atoms with van der Waals surface area (Å²) in [4.78, 5) is 2.69. The summed E-state index contributed by atoms with van der Waals surface area (Å²) in [6, 6.07) is 5.59. The topological polar surface area (TPSA) is 15.7 Å². The minimum atomic E-state index is -1.34. The molecule has 1 aliphatic heterocycles. The second-order valence-corrected chi connectivity index (χ2v) is 17.2. The molecule has 0 saturated carbocycles. The molecule has 0 N–H and O–H groups in total. The summed E-state index contributed by atoms with van der Waals surface area (Å²) in [6.45, 7) is 18.4. The van der Waals surface area contributed by atoms with Gasteiger partial charge in [-0.1, -0.05) is 27.2 Å². The standard InChI is InChI=1S/C17H40N2OSi2/c1-7-22(8-2,9-3)19-15-13-18(14-16-19)12-10-11-17-21(5,6)20-4/h7-17H2,1-6H3. The largest absolute Gasteiger partial charge is 0.420 e. The zero-order chi connectivity index (χ0) is 16.6. The van der Waals surface area contributed by atoms with Gasteiger partial charge in [0.05, 0.1) is 0 Å². The van der Waals surface area contributed by atoms with E-state index >= 15 is 0 Å². The summed E-state index contributed by atoms with van der Waals surface area (Å²) < 4.78 is 8.55. The number of nitrogens with zero attached hydrogens (tertiary/aromatic N) is 2. The van der Waals surface area contributed by atoms with Crippen LogP contribution >= 0.6 is 0 Å². The molecule has 0 atom stereocenters. The molecule has 3 nitrogen and oxygen atoms in total. The third-order valence-electron chi connectivity index (χ3n) is 6.07. The monoisotopic (exact) mass is 344 g/mol. The Kier molecular flexibility index (Phi) is 8.86. The molecule has 0 spiro atoms. The second-order valence-electron chi connectivity index (χ2n) is 7.53. The van der Waals surface area contributed by atoms with E-state index in [2.05, 4.69) is 43.3 Å². The van der Waals surface area contributed by atoms with E-state index in [1.165, 1.54) is 69.7 Å². The Morgan fingerprint density at radius 1 is 0.864 bits per heavy atom. The number of hydrogen-bond acceptors (Lipinski definition) is 3. The average Bonchev–Trinajstić information content (AvgIpc) is 2.55. The lowest BCUT2D eigenvalue weighted by Crippen LogP contribution is -2.59. The average molecular weight is 345 g/mol. The highest BCUT2D eigenvalue weighted by molar-refractivity contribution is 6.77. The fourth-order valence-corrected chi connectivity index (χ4v) is 9.15. The second kappa shape index (κ2) is 9.57. The van der Waals surface area contributed by atoms with Crippen molar-refractivity contribution in [3.8, 4) is 0 Å². The first-order chi connectivity index (χ1) is 10.4. The molecular weight excluding hydrogens is 304 g/mol. The van der Waals surface area contributed by atoms with Crippen LogP contribution in [0.15, 0.2) is 0 Å². The normalized spacial score (nSPS) is 18.8. The summed E-state index contributed by atoms with van der Waals surface area (Å²) in [6.07, 6.45) is 2.68. The molecule has 0 radical (unpaired) electrons. The van der Waals surface area contributed by atoms with Crippen molar-refractivity contribution in [2.75, 3.05) is 39.8 Å². The SMILES string of the molecule is CC[Si](CC)(CC)N1CCN(CCCC[Si](C)(C)OC)CC1. The summed E-state index contributed by atoms with van der Waals surface area (Å²) in [7, 11) is -0.569. The molecule has 1 heterocycles. The Balaban J connectivity index is 2.28. The van der Waals surface area contributed by atoms with Gasteiger partial charge in [-0.05, 0) is 50.2 Å². The van der Waals surface area contributed by atoms with Crippen molar-refractivity contribution in [3.63, 3.8) is 0 Å². The van der Waals surface area contributed by atoms with Gasteiger partial charge in [-0.3, -0.25) is 0 Å². The fraction of sp³-hybridized carbons (Fsp3) is 1.00. The van der Waals surface area contributed by atoms with Gasteiger partial charge >= 0.3 is 0 Å². The predicted molar refractivity (Wildman–Crippen MR) is 104 cm³/mol. The molecule has 5 heteroatoms. The summed E-state index contributed by atoms with van der Waals surface area (Å²) in [5.74, 6) is 0. The maximum Gasteiger partial charge on any atom is 0.186 e. The van der Waals surface area contributed by atoms with Crippen molar-refractivity contribution in [1.82, 2.24) is 9.47 Å². The zero-order valence-corrected chi connectivity index (χ0v) is 18.1. The van der Waals surface area contributed by atoms with Gasteiger partial charge in [-0.2, -0.15) is 0 Å². The van der Waals surface area contributed by atoms with Gasteiger partial charge in [0, 0.05) is 33.3 Å². The lowest BCUT2D eigenvalue weighted by Gasteiger charge is -2.46. The third kappa shape index (κ3) is 5.75. The Morgan fingerprint density at radius 3 is 1.86 bits per heavy atom. The third-order valence-corrected chi connectivity index (χ3v) is 14.5. The van der Waals surface area contributed by atoms with Gasteiger partial charge in [0.25, 0.3) is 0 Å². The minimum Gasteiger partial charge on any atom is -0.420 e. The van der Waals surface area contributed by atoms with E-state index < -0.39 is 16.6 Å². The highest BCUT2D eigenvalue weighted by atomic mass is 28.4. The van der Waals surface area contributed by atoms with Gasteiger partial charge in [0.2, 0.25) is 0 Å². The van der Waals surface area contributed by atoms with E-state index in [-0.39, 0.29) is 0 Å². The van der Waals surface area contributed by atoms with Crippen LogP contribution in [0.4, 0.5) is 0 Å². The van der Waals surface area contributed by atoms with Crippen LogP contribution < -0.4 is 0 Å². The number of unbranched alkanes of at least 4 members (excludes halogenated alkanes) is 1. The maximum absolute atomic E-state index is 5.64. The van der Waals surface area contributed by atoms with E-state index in [4.69, 9.17) is 4.43 Å². The fourth-order valence-electron chi connectivity index (χ4n) is 3.85. The molecule has 1 aliphatic rings. The van der Waals surface area contributed by atoms with Crippen molar-refractivity contribution < 1.29 is 4.43 Å². The molecule has 0 aromatic rings. The van der Waals surface area contributed by atoms with Crippen LogP contribution in [0.25, 0.3) is 0 Å². The van der Waals surface area contributed by atoms with E-state index in [1.54, 1.807) is 0 Å². The highest BCUT2D eigenvalue weighted by Gasteiger charge is 2.35. The lowest BCUT2D eigenvalue weighted by molar-refractivity contribution is 0.179. The van der Waals surface area contributed by atoms with Crippen molar-refractivity contribution in [2.45, 2.75) is 70.9 Å². The molecule has 1 fully saturated rings. The lowest BCUT2D eigenvalue weighted by atomic mass is 10.3. The molecule has 0 amide bonds. The van der Waals surface area contributed by atoms with Crippen LogP contribution in [0.3, 0.4) is 0 Å². The quantitative estimate of drug-likeness (QED) is 0.435. The van der Waals surface area contributed by atoms with E-state index in [0.29, 0.717) is 0 Å². The van der Waals surface area contributed by atoms with Crippen LogP contribution in [0, 0.1) is 0 Å². The Morgan fingerprint density at radius 2 is 1.41 bits per heavy atom. The van der Waals surface area contributed by atoms with E-state index in [0.717, 1.165) is 0 Å². The van der Waals surface area contributed by atoms with Gasteiger partial charge in [0.15, 0.2) is 8.32 Å². The first-order valence-corrected chi connectivity index (χ1v) is 15.1. The molecule has 0 aromatic heterocycles. The van der Waals surface area contributed by atoms with Gasteiger partial charge < -0.3 is 13.9 Å². The smallest absolute Gasteiger partial charge is 0.186 e. The maximum atomic E-state index is 5.64. The summed E-state index contributed by atoms with van der Waals surface area (Å²) in [5, 5.41) is 0. The van der Waals surface area contributed by atoms with E-state index in [9.17, 15) is 0 Å². The molecule has 22 heavy (non-hydrogen) atoms. The Bertz CT molecular complexity index is 293. The van der Waals surface area contributed by atoms with Crippen LogP contribution in [0.2, 0.25) is 37.3 Å². The molecule has 1 saturated heterocycles. The molecule has 0 unspecified atom stereocenters. The van der Waals surface area contributed by atoms with Gasteiger partial charge in [-0.15, -0.1) is 0 Å². The van der Waals surface area contributed by atoms with Crippen molar-refractivity contribution in [3.05, 3.63) is 0 Å². The van der Waals surface area contributed by atoms with Crippen LogP contribution in [0.1, 0.15) is 33.6 Å². The van der Waals surface area contributed by atoms with Crippen LogP contribution in [-0.2, 0) is 4.43 Å². The molecule has 1 rings (SSSR count).